The first kappa shape index (κ1) is 18.8. The van der Waals surface area contributed by atoms with E-state index in [-0.39, 0.29) is 5.91 Å². The molecule has 1 saturated carbocycles. The zero-order valence-electron chi connectivity index (χ0n) is 15.5. The molecule has 28 heavy (non-hydrogen) atoms. The first-order valence-electron chi connectivity index (χ1n) is 9.39. The third-order valence-electron chi connectivity index (χ3n) is 5.45. The van der Waals surface area contributed by atoms with E-state index in [1.165, 1.54) is 30.2 Å². The molecule has 0 radical (unpaired) electrons. The lowest BCUT2D eigenvalue weighted by molar-refractivity contribution is -0.118. The van der Waals surface area contributed by atoms with Gasteiger partial charge in [0.2, 0.25) is 11.6 Å². The summed E-state index contributed by atoms with van der Waals surface area (Å²) < 4.78 is 14.9. The summed E-state index contributed by atoms with van der Waals surface area (Å²) in [5.74, 6) is -0.571. The summed E-state index contributed by atoms with van der Waals surface area (Å²) in [6.45, 7) is 1.65. The second-order valence-corrected chi connectivity index (χ2v) is 8.30. The van der Waals surface area contributed by atoms with Gasteiger partial charge in [0.15, 0.2) is 5.13 Å². The van der Waals surface area contributed by atoms with E-state index in [1.807, 2.05) is 0 Å². The van der Waals surface area contributed by atoms with Crippen molar-refractivity contribution in [1.29, 1.82) is 0 Å². The van der Waals surface area contributed by atoms with Gasteiger partial charge in [-0.1, -0.05) is 37.8 Å². The largest absolute Gasteiger partial charge is 0.301 e. The van der Waals surface area contributed by atoms with E-state index in [2.05, 4.69) is 31.0 Å². The molecule has 1 aliphatic heterocycles. The number of rotatable bonds is 6. The number of anilines is 1. The Hall–Kier alpha value is -2.55. The minimum absolute atomic E-state index is 0.152. The number of thiazole rings is 1. The molecule has 1 aliphatic carbocycles. The highest BCUT2D eigenvalue weighted by Crippen LogP contribution is 2.38. The average molecular weight is 400 g/mol. The lowest BCUT2D eigenvalue weighted by atomic mass is 9.86. The minimum atomic E-state index is -1.15. The van der Waals surface area contributed by atoms with Gasteiger partial charge in [-0.05, 0) is 41.3 Å². The molecule has 2 heterocycles. The first-order valence-corrected chi connectivity index (χ1v) is 10.3. The fraction of sp³-hybridized carbons (Fsp3) is 0.474. The van der Waals surface area contributed by atoms with E-state index in [4.69, 9.17) is 0 Å². The highest BCUT2D eigenvalue weighted by atomic mass is 32.1. The number of halogens is 1. The van der Waals surface area contributed by atoms with Crippen molar-refractivity contribution < 1.29 is 9.18 Å². The summed E-state index contributed by atoms with van der Waals surface area (Å²) in [6, 6.07) is 4.84. The third-order valence-corrected chi connectivity index (χ3v) is 6.14. The van der Waals surface area contributed by atoms with Crippen molar-refractivity contribution in [1.82, 2.24) is 4.98 Å². The molecule has 0 spiro atoms. The molecule has 1 amide bonds. The normalized spacial score (nSPS) is 19.2. The van der Waals surface area contributed by atoms with Crippen LogP contribution in [0.3, 0.4) is 0 Å². The summed E-state index contributed by atoms with van der Waals surface area (Å²) in [5, 5.41) is 20.0. The predicted molar refractivity (Wildman–Crippen MR) is 104 cm³/mol. The maximum atomic E-state index is 14.9. The molecule has 1 aromatic carbocycles. The molecule has 2 aromatic rings. The van der Waals surface area contributed by atoms with Gasteiger partial charge in [0.1, 0.15) is 5.82 Å². The van der Waals surface area contributed by atoms with E-state index in [0.717, 1.165) is 12.8 Å². The number of benzene rings is 1. The maximum absolute atomic E-state index is 14.9. The molecule has 1 aromatic heterocycles. The average Bonchev–Trinajstić information content (AvgIpc) is 3.43. The Morgan fingerprint density at radius 1 is 1.32 bits per heavy atom. The Kier molecular flexibility index (Phi) is 5.25. The van der Waals surface area contributed by atoms with Crippen LogP contribution in [0.4, 0.5) is 9.52 Å². The van der Waals surface area contributed by atoms with Crippen LogP contribution in [-0.2, 0) is 10.5 Å². The van der Waals surface area contributed by atoms with Gasteiger partial charge in [-0.2, -0.15) is 0 Å². The van der Waals surface area contributed by atoms with Crippen molar-refractivity contribution in [2.24, 2.45) is 26.6 Å². The van der Waals surface area contributed by atoms with Gasteiger partial charge in [-0.25, -0.2) is 9.37 Å². The van der Waals surface area contributed by atoms with Crippen LogP contribution < -0.4 is 5.32 Å². The fourth-order valence-electron chi connectivity index (χ4n) is 3.93. The van der Waals surface area contributed by atoms with Crippen LogP contribution in [0, 0.1) is 11.7 Å². The van der Waals surface area contributed by atoms with Crippen molar-refractivity contribution in [2.75, 3.05) is 5.32 Å². The Bertz CT molecular complexity index is 895. The molecule has 2 aliphatic rings. The van der Waals surface area contributed by atoms with E-state index < -0.39 is 17.4 Å². The van der Waals surface area contributed by atoms with Gasteiger partial charge in [-0.15, -0.1) is 21.6 Å². The van der Waals surface area contributed by atoms with Crippen molar-refractivity contribution in [3.05, 3.63) is 46.7 Å². The van der Waals surface area contributed by atoms with E-state index in [0.29, 0.717) is 28.6 Å². The van der Waals surface area contributed by atoms with Crippen LogP contribution in [0.1, 0.15) is 56.1 Å². The molecular weight excluding hydrogens is 379 g/mol. The van der Waals surface area contributed by atoms with Crippen LogP contribution >= 0.6 is 11.3 Å². The Labute approximate surface area is 166 Å². The second kappa shape index (κ2) is 7.83. The van der Waals surface area contributed by atoms with Gasteiger partial charge in [0.25, 0.3) is 0 Å². The van der Waals surface area contributed by atoms with Crippen molar-refractivity contribution in [3.8, 4) is 0 Å². The Morgan fingerprint density at radius 2 is 2.07 bits per heavy atom. The topological polar surface area (TPSA) is 91.4 Å². The molecule has 0 bridgehead atoms. The molecule has 1 atom stereocenters. The van der Waals surface area contributed by atoms with Crippen LogP contribution in [0.2, 0.25) is 0 Å². The molecule has 1 N–H and O–H groups in total. The lowest BCUT2D eigenvalue weighted by Gasteiger charge is -2.22. The van der Waals surface area contributed by atoms with Crippen molar-refractivity contribution in [2.45, 2.75) is 50.6 Å². The number of aromatic nitrogens is 1. The highest BCUT2D eigenvalue weighted by molar-refractivity contribution is 7.13. The second-order valence-electron chi connectivity index (χ2n) is 7.40. The first-order chi connectivity index (χ1) is 13.5. The van der Waals surface area contributed by atoms with Gasteiger partial charge in [-0.3, -0.25) is 4.79 Å². The number of carbonyl (C=O) groups excluding carboxylic acids is 1. The monoisotopic (exact) mass is 400 g/mol. The van der Waals surface area contributed by atoms with E-state index in [1.54, 1.807) is 30.6 Å². The quantitative estimate of drug-likeness (QED) is 0.684. The van der Waals surface area contributed by atoms with Gasteiger partial charge in [0.05, 0.1) is 5.92 Å². The molecule has 146 valence electrons. The minimum Gasteiger partial charge on any atom is -0.301 e. The summed E-state index contributed by atoms with van der Waals surface area (Å²) in [4.78, 5) is 17.1. The predicted octanol–water partition coefficient (Wildman–Crippen LogP) is 5.59. The van der Waals surface area contributed by atoms with Crippen LogP contribution in [0.15, 0.2) is 50.5 Å². The van der Waals surface area contributed by atoms with Gasteiger partial charge >= 0.3 is 0 Å². The molecule has 9 heteroatoms. The van der Waals surface area contributed by atoms with Crippen LogP contribution in [-0.4, -0.2) is 10.9 Å². The summed E-state index contributed by atoms with van der Waals surface area (Å²) in [5.41, 5.74) is -0.203. The smallest absolute Gasteiger partial charge is 0.233 e. The number of carbonyl (C=O) groups is 1. The van der Waals surface area contributed by atoms with Gasteiger partial charge < -0.3 is 5.32 Å². The summed E-state index contributed by atoms with van der Waals surface area (Å²) >= 11 is 1.37. The summed E-state index contributed by atoms with van der Waals surface area (Å²) in [6.07, 6.45) is 6.94. The standard InChI is InChI=1S/C19H21FN6OS/c1-19(23-25-26-24-19)15-7-6-13(11-16(15)20)14(10-12-4-2-3-5-12)17(27)22-18-21-8-9-28-18/h6-9,11-12,14H,2-5,10H2,1H3,(H,21,22,27). The van der Waals surface area contributed by atoms with Crippen molar-refractivity contribution >= 4 is 22.4 Å². The number of amides is 1. The highest BCUT2D eigenvalue weighted by Gasteiger charge is 2.34. The number of nitrogens with one attached hydrogen (secondary N) is 1. The van der Waals surface area contributed by atoms with Crippen LogP contribution in [0.5, 0.6) is 0 Å². The zero-order chi connectivity index (χ0) is 19.6. The fourth-order valence-corrected chi connectivity index (χ4v) is 4.46. The number of hydrogen-bond acceptors (Lipinski definition) is 7. The molecule has 1 fully saturated rings. The Balaban J connectivity index is 1.61. The number of hydrogen-bond donors (Lipinski definition) is 1. The molecule has 4 rings (SSSR count). The van der Waals surface area contributed by atoms with Crippen LogP contribution in [0.25, 0.3) is 0 Å². The SMILES string of the molecule is CC1(c2ccc(C(CC3CCCC3)C(=O)Nc3nccs3)cc2F)N=NN=N1. The molecular formula is C19H21FN6OS. The lowest BCUT2D eigenvalue weighted by Crippen LogP contribution is -2.24. The van der Waals surface area contributed by atoms with E-state index in [9.17, 15) is 9.18 Å². The van der Waals surface area contributed by atoms with Crippen molar-refractivity contribution in [3.63, 3.8) is 0 Å². The van der Waals surface area contributed by atoms with E-state index >= 15 is 0 Å². The zero-order valence-corrected chi connectivity index (χ0v) is 16.3. The Morgan fingerprint density at radius 3 is 2.71 bits per heavy atom. The van der Waals surface area contributed by atoms with Gasteiger partial charge in [0, 0.05) is 17.1 Å². The molecule has 0 saturated heterocycles. The molecule has 1 unspecified atom stereocenters. The third kappa shape index (κ3) is 3.84. The maximum Gasteiger partial charge on any atom is 0.233 e. The summed E-state index contributed by atoms with van der Waals surface area (Å²) in [7, 11) is 0. The number of nitrogens with zero attached hydrogens (tertiary/aromatic N) is 5. The molecule has 7 nitrogen and oxygen atoms in total.